The first-order valence-electron chi connectivity index (χ1n) is 11.6. The van der Waals surface area contributed by atoms with Crippen molar-refractivity contribution in [3.63, 3.8) is 0 Å². The molecule has 2 aromatic rings. The highest BCUT2D eigenvalue weighted by Gasteiger charge is 2.51. The van der Waals surface area contributed by atoms with Gasteiger partial charge in [-0.2, -0.15) is 5.10 Å². The maximum Gasteiger partial charge on any atom is 0.243 e. The molecule has 164 valence electrons. The molecule has 0 aliphatic heterocycles. The molecule has 6 nitrogen and oxygen atoms in total. The van der Waals surface area contributed by atoms with Crippen molar-refractivity contribution >= 4 is 17.5 Å². The zero-order valence-corrected chi connectivity index (χ0v) is 18.5. The number of nitrogens with one attached hydrogen (secondary N) is 2. The summed E-state index contributed by atoms with van der Waals surface area (Å²) in [6.45, 7) is 3.82. The van der Waals surface area contributed by atoms with Gasteiger partial charge in [-0.3, -0.25) is 9.59 Å². The van der Waals surface area contributed by atoms with Gasteiger partial charge >= 0.3 is 0 Å². The lowest BCUT2D eigenvalue weighted by Gasteiger charge is -2.56. The van der Waals surface area contributed by atoms with Gasteiger partial charge in [0.25, 0.3) is 0 Å². The number of para-hydroxylation sites is 1. The Labute approximate surface area is 183 Å². The molecule has 6 heteroatoms. The van der Waals surface area contributed by atoms with Crippen LogP contribution in [0.1, 0.15) is 56.3 Å². The SMILES string of the molecule is Cc1nn(-c2ccccc2)c(C)c1NC(=O)CNC(=O)CC12CC3CC(CC(C3)C1)C2. The highest BCUT2D eigenvalue weighted by atomic mass is 16.2. The summed E-state index contributed by atoms with van der Waals surface area (Å²) in [4.78, 5) is 25.3. The lowest BCUT2D eigenvalue weighted by molar-refractivity contribution is -0.131. The summed E-state index contributed by atoms with van der Waals surface area (Å²) in [5, 5.41) is 10.4. The maximum absolute atomic E-state index is 12.7. The third kappa shape index (κ3) is 4.00. The Morgan fingerprint density at radius 2 is 1.61 bits per heavy atom. The van der Waals surface area contributed by atoms with Crippen molar-refractivity contribution in [2.24, 2.45) is 23.2 Å². The Bertz CT molecular complexity index is 959. The molecule has 0 atom stereocenters. The molecule has 0 saturated heterocycles. The zero-order valence-electron chi connectivity index (χ0n) is 18.5. The van der Waals surface area contributed by atoms with Gasteiger partial charge in [-0.05, 0) is 87.7 Å². The summed E-state index contributed by atoms with van der Waals surface area (Å²) in [7, 11) is 0. The van der Waals surface area contributed by atoms with E-state index < -0.39 is 0 Å². The van der Waals surface area contributed by atoms with E-state index >= 15 is 0 Å². The van der Waals surface area contributed by atoms with Gasteiger partial charge in [-0.15, -0.1) is 0 Å². The van der Waals surface area contributed by atoms with E-state index in [0.29, 0.717) is 12.1 Å². The van der Waals surface area contributed by atoms with Crippen LogP contribution < -0.4 is 10.6 Å². The average Bonchev–Trinajstić information content (AvgIpc) is 3.00. The van der Waals surface area contributed by atoms with E-state index in [1.54, 1.807) is 0 Å². The highest BCUT2D eigenvalue weighted by Crippen LogP contribution is 2.61. The number of carbonyl (C=O) groups excluding carboxylic acids is 2. The number of rotatable bonds is 6. The minimum Gasteiger partial charge on any atom is -0.347 e. The first kappa shape index (κ1) is 20.3. The fraction of sp³-hybridized carbons (Fsp3) is 0.560. The fourth-order valence-corrected chi connectivity index (χ4v) is 6.92. The zero-order chi connectivity index (χ0) is 21.6. The van der Waals surface area contributed by atoms with E-state index in [-0.39, 0.29) is 23.8 Å². The molecule has 4 bridgehead atoms. The first-order chi connectivity index (χ1) is 14.9. The quantitative estimate of drug-likeness (QED) is 0.737. The normalized spacial score (nSPS) is 28.5. The molecule has 31 heavy (non-hydrogen) atoms. The predicted octanol–water partition coefficient (Wildman–Crippen LogP) is 4.15. The smallest absolute Gasteiger partial charge is 0.243 e. The molecule has 2 N–H and O–H groups in total. The molecular formula is C25H32N4O2. The monoisotopic (exact) mass is 420 g/mol. The Hall–Kier alpha value is -2.63. The summed E-state index contributed by atoms with van der Waals surface area (Å²) >= 11 is 0. The molecule has 4 fully saturated rings. The number of benzene rings is 1. The van der Waals surface area contributed by atoms with Crippen molar-refractivity contribution in [1.82, 2.24) is 15.1 Å². The molecule has 0 radical (unpaired) electrons. The van der Waals surface area contributed by atoms with E-state index in [1.165, 1.54) is 38.5 Å². The van der Waals surface area contributed by atoms with Crippen LogP contribution in [0, 0.1) is 37.0 Å². The largest absolute Gasteiger partial charge is 0.347 e. The summed E-state index contributed by atoms with van der Waals surface area (Å²) in [5.41, 5.74) is 3.49. The molecule has 0 unspecified atom stereocenters. The predicted molar refractivity (Wildman–Crippen MR) is 120 cm³/mol. The third-order valence-electron chi connectivity index (χ3n) is 7.70. The molecule has 1 aromatic carbocycles. The van der Waals surface area contributed by atoms with Gasteiger partial charge in [0.05, 0.1) is 29.3 Å². The molecule has 4 aliphatic rings. The number of aromatic nitrogens is 2. The number of hydrogen-bond donors (Lipinski definition) is 2. The molecule has 6 rings (SSSR count). The van der Waals surface area contributed by atoms with Crippen molar-refractivity contribution in [1.29, 1.82) is 0 Å². The second-order valence-corrected chi connectivity index (χ2v) is 10.2. The maximum atomic E-state index is 12.7. The lowest BCUT2D eigenvalue weighted by atomic mass is 9.49. The van der Waals surface area contributed by atoms with Gasteiger partial charge in [0.2, 0.25) is 11.8 Å². The minimum absolute atomic E-state index is 0.000591. The molecule has 1 aromatic heterocycles. The number of aryl methyl sites for hydroxylation is 1. The van der Waals surface area contributed by atoms with Gasteiger partial charge in [0.1, 0.15) is 0 Å². The van der Waals surface area contributed by atoms with Crippen LogP contribution in [0.15, 0.2) is 30.3 Å². The van der Waals surface area contributed by atoms with Crippen LogP contribution in [0.3, 0.4) is 0 Å². The van der Waals surface area contributed by atoms with Gasteiger partial charge in [0, 0.05) is 6.42 Å². The number of nitrogens with zero attached hydrogens (tertiary/aromatic N) is 2. The summed E-state index contributed by atoms with van der Waals surface area (Å²) < 4.78 is 1.83. The third-order valence-corrected chi connectivity index (χ3v) is 7.70. The van der Waals surface area contributed by atoms with Gasteiger partial charge in [0.15, 0.2) is 0 Å². The van der Waals surface area contributed by atoms with Crippen molar-refractivity contribution in [3.05, 3.63) is 41.7 Å². The number of anilines is 1. The standard InChI is InChI=1S/C25H32N4O2/c1-16-24(17(2)29(28-16)21-6-4-3-5-7-21)27-23(31)15-26-22(30)14-25-11-18-8-19(12-25)10-20(9-18)13-25/h3-7,18-20H,8-15H2,1-2H3,(H,26,30)(H,27,31). The molecule has 4 saturated carbocycles. The molecule has 1 heterocycles. The molecule has 0 spiro atoms. The Morgan fingerprint density at radius 1 is 1.00 bits per heavy atom. The van der Waals surface area contributed by atoms with Crippen LogP contribution in [0.5, 0.6) is 0 Å². The highest BCUT2D eigenvalue weighted by molar-refractivity contribution is 5.95. The van der Waals surface area contributed by atoms with E-state index in [1.807, 2.05) is 48.9 Å². The van der Waals surface area contributed by atoms with Crippen LogP contribution in [-0.4, -0.2) is 28.1 Å². The van der Waals surface area contributed by atoms with E-state index in [9.17, 15) is 9.59 Å². The van der Waals surface area contributed by atoms with Gasteiger partial charge < -0.3 is 10.6 Å². The summed E-state index contributed by atoms with van der Waals surface area (Å²) in [5.74, 6) is 2.29. The van der Waals surface area contributed by atoms with Crippen molar-refractivity contribution in [3.8, 4) is 5.69 Å². The van der Waals surface area contributed by atoms with Crippen LogP contribution >= 0.6 is 0 Å². The fourth-order valence-electron chi connectivity index (χ4n) is 6.92. The Kier molecular flexibility index (Phi) is 5.11. The molecule has 4 aliphatic carbocycles. The topological polar surface area (TPSA) is 76.0 Å². The van der Waals surface area contributed by atoms with Crippen molar-refractivity contribution in [2.75, 3.05) is 11.9 Å². The van der Waals surface area contributed by atoms with Crippen molar-refractivity contribution < 1.29 is 9.59 Å². The average molecular weight is 421 g/mol. The van der Waals surface area contributed by atoms with Crippen molar-refractivity contribution in [2.45, 2.75) is 58.8 Å². The molecular weight excluding hydrogens is 388 g/mol. The van der Waals surface area contributed by atoms with Crippen LogP contribution in [-0.2, 0) is 9.59 Å². The first-order valence-corrected chi connectivity index (χ1v) is 11.6. The number of carbonyl (C=O) groups is 2. The summed E-state index contributed by atoms with van der Waals surface area (Å²) in [6, 6.07) is 9.85. The van der Waals surface area contributed by atoms with E-state index in [2.05, 4.69) is 15.7 Å². The summed E-state index contributed by atoms with van der Waals surface area (Å²) in [6.07, 6.45) is 8.31. The second-order valence-electron chi connectivity index (χ2n) is 10.2. The van der Waals surface area contributed by atoms with Crippen LogP contribution in [0.4, 0.5) is 5.69 Å². The lowest BCUT2D eigenvalue weighted by Crippen LogP contribution is -2.48. The van der Waals surface area contributed by atoms with Gasteiger partial charge in [-0.25, -0.2) is 4.68 Å². The molecule has 2 amide bonds. The van der Waals surface area contributed by atoms with Gasteiger partial charge in [-0.1, -0.05) is 18.2 Å². The Morgan fingerprint density at radius 3 is 2.23 bits per heavy atom. The number of amides is 2. The minimum atomic E-state index is -0.210. The number of hydrogen-bond acceptors (Lipinski definition) is 3. The van der Waals surface area contributed by atoms with Crippen LogP contribution in [0.2, 0.25) is 0 Å². The van der Waals surface area contributed by atoms with E-state index in [0.717, 1.165) is 34.8 Å². The second kappa shape index (κ2) is 7.81. The van der Waals surface area contributed by atoms with Crippen LogP contribution in [0.25, 0.3) is 5.69 Å². The van der Waals surface area contributed by atoms with E-state index in [4.69, 9.17) is 0 Å². The Balaban J connectivity index is 1.17.